The third kappa shape index (κ3) is 3.93. The Hall–Kier alpha value is -3.93. The van der Waals surface area contributed by atoms with E-state index in [2.05, 4.69) is 44.7 Å². The van der Waals surface area contributed by atoms with Crippen molar-refractivity contribution in [3.63, 3.8) is 0 Å². The number of hydrogen-bond acceptors (Lipinski definition) is 6. The number of hydrogen-bond donors (Lipinski definition) is 1. The summed E-state index contributed by atoms with van der Waals surface area (Å²) in [5, 5.41) is 11.8. The van der Waals surface area contributed by atoms with Crippen LogP contribution in [0.4, 0.5) is 17.5 Å². The molecule has 0 saturated carbocycles. The van der Waals surface area contributed by atoms with Gasteiger partial charge in [-0.2, -0.15) is 10.1 Å². The van der Waals surface area contributed by atoms with Crippen molar-refractivity contribution in [3.8, 4) is 11.5 Å². The number of nitrogens with one attached hydrogen (secondary N) is 1. The van der Waals surface area contributed by atoms with Gasteiger partial charge in [0.1, 0.15) is 5.75 Å². The van der Waals surface area contributed by atoms with E-state index in [-0.39, 0.29) is 0 Å². The number of aromatic nitrogens is 3. The van der Waals surface area contributed by atoms with E-state index in [9.17, 15) is 0 Å². The lowest BCUT2D eigenvalue weighted by Gasteiger charge is -2.28. The minimum atomic E-state index is 0.621. The molecular formula is C24H21N5O. The quantitative estimate of drug-likeness (QED) is 0.515. The highest BCUT2D eigenvalue weighted by molar-refractivity contribution is 5.64. The fourth-order valence-electron chi connectivity index (χ4n) is 3.57. The zero-order valence-corrected chi connectivity index (χ0v) is 16.4. The highest BCUT2D eigenvalue weighted by atomic mass is 16.5. The minimum absolute atomic E-state index is 0.621. The SMILES string of the molecule is c1ccc(Oc2ccccc2Nc2cnnc(N3CCc4ccccc4C3)n2)cc1. The first-order chi connectivity index (χ1) is 14.8. The molecule has 6 nitrogen and oxygen atoms in total. The Bertz CT molecular complexity index is 1150. The van der Waals surface area contributed by atoms with Crippen LogP contribution < -0.4 is 15.0 Å². The number of rotatable bonds is 5. The van der Waals surface area contributed by atoms with Gasteiger partial charge in [-0.15, -0.1) is 5.10 Å². The lowest BCUT2D eigenvalue weighted by atomic mass is 10.0. The number of fused-ring (bicyclic) bond motifs is 1. The summed E-state index contributed by atoms with van der Waals surface area (Å²) < 4.78 is 6.03. The number of benzene rings is 3. The first kappa shape index (κ1) is 18.1. The summed E-state index contributed by atoms with van der Waals surface area (Å²) in [6.45, 7) is 1.66. The standard InChI is InChI=1S/C24H21N5O/c1-2-10-20(11-3-1)30-22-13-7-6-12-21(22)26-23-16-25-28-24(27-23)29-15-14-18-8-4-5-9-19(18)17-29/h1-13,16H,14-15,17H2,(H,26,27,28). The van der Waals surface area contributed by atoms with Gasteiger partial charge in [0.05, 0.1) is 11.9 Å². The van der Waals surface area contributed by atoms with Crippen molar-refractivity contribution in [1.29, 1.82) is 0 Å². The van der Waals surface area contributed by atoms with Gasteiger partial charge in [-0.1, -0.05) is 54.6 Å². The number of nitrogens with zero attached hydrogens (tertiary/aromatic N) is 4. The number of anilines is 3. The Morgan fingerprint density at radius 2 is 1.60 bits per heavy atom. The van der Waals surface area contributed by atoms with Crippen molar-refractivity contribution in [2.45, 2.75) is 13.0 Å². The maximum atomic E-state index is 6.03. The first-order valence-electron chi connectivity index (χ1n) is 9.95. The molecule has 6 heteroatoms. The topological polar surface area (TPSA) is 63.2 Å². The fourth-order valence-corrected chi connectivity index (χ4v) is 3.57. The van der Waals surface area contributed by atoms with E-state index in [0.717, 1.165) is 36.7 Å². The Morgan fingerprint density at radius 1 is 0.833 bits per heavy atom. The molecule has 1 aliphatic heterocycles. The Balaban J connectivity index is 1.36. The molecule has 0 unspecified atom stereocenters. The first-order valence-corrected chi connectivity index (χ1v) is 9.95. The van der Waals surface area contributed by atoms with Crippen LogP contribution in [0, 0.1) is 0 Å². The smallest absolute Gasteiger partial charge is 0.247 e. The van der Waals surface area contributed by atoms with E-state index >= 15 is 0 Å². The van der Waals surface area contributed by atoms with Crippen LogP contribution in [0.5, 0.6) is 11.5 Å². The van der Waals surface area contributed by atoms with Gasteiger partial charge in [0.25, 0.3) is 0 Å². The molecule has 148 valence electrons. The van der Waals surface area contributed by atoms with Crippen LogP contribution in [-0.4, -0.2) is 21.7 Å². The number of ether oxygens (including phenoxy) is 1. The second-order valence-corrected chi connectivity index (χ2v) is 7.12. The summed E-state index contributed by atoms with van der Waals surface area (Å²) in [5.74, 6) is 2.75. The molecule has 0 spiro atoms. The van der Waals surface area contributed by atoms with Gasteiger partial charge < -0.3 is 15.0 Å². The summed E-state index contributed by atoms with van der Waals surface area (Å²) in [5.41, 5.74) is 3.52. The maximum Gasteiger partial charge on any atom is 0.247 e. The number of para-hydroxylation sites is 3. The second-order valence-electron chi connectivity index (χ2n) is 7.12. The Labute approximate surface area is 175 Å². The predicted molar refractivity (Wildman–Crippen MR) is 117 cm³/mol. The van der Waals surface area contributed by atoms with Gasteiger partial charge in [-0.05, 0) is 41.8 Å². The Kier molecular flexibility index (Phi) is 4.96. The van der Waals surface area contributed by atoms with Gasteiger partial charge in [-0.3, -0.25) is 0 Å². The van der Waals surface area contributed by atoms with Crippen LogP contribution in [0.3, 0.4) is 0 Å². The molecule has 1 aliphatic rings. The molecule has 1 N–H and O–H groups in total. The van der Waals surface area contributed by atoms with E-state index in [1.807, 2.05) is 54.6 Å². The molecule has 0 saturated heterocycles. The summed E-state index contributed by atoms with van der Waals surface area (Å²) >= 11 is 0. The van der Waals surface area contributed by atoms with Crippen molar-refractivity contribution in [2.24, 2.45) is 0 Å². The molecule has 2 heterocycles. The van der Waals surface area contributed by atoms with Gasteiger partial charge in [0.15, 0.2) is 11.6 Å². The Morgan fingerprint density at radius 3 is 2.50 bits per heavy atom. The van der Waals surface area contributed by atoms with Crippen LogP contribution in [0.25, 0.3) is 0 Å². The minimum Gasteiger partial charge on any atom is -0.455 e. The molecule has 0 amide bonds. The molecule has 5 rings (SSSR count). The molecular weight excluding hydrogens is 374 g/mol. The molecule has 0 radical (unpaired) electrons. The van der Waals surface area contributed by atoms with E-state index in [1.165, 1.54) is 11.1 Å². The van der Waals surface area contributed by atoms with Crippen molar-refractivity contribution < 1.29 is 4.74 Å². The van der Waals surface area contributed by atoms with Crippen LogP contribution in [0.15, 0.2) is 85.1 Å². The van der Waals surface area contributed by atoms with Gasteiger partial charge in [-0.25, -0.2) is 0 Å². The van der Waals surface area contributed by atoms with Crippen LogP contribution in [0.2, 0.25) is 0 Å². The largest absolute Gasteiger partial charge is 0.455 e. The average Bonchev–Trinajstić information content (AvgIpc) is 2.81. The molecule has 0 bridgehead atoms. The van der Waals surface area contributed by atoms with E-state index in [1.54, 1.807) is 6.20 Å². The summed E-state index contributed by atoms with van der Waals surface area (Å²) in [4.78, 5) is 6.86. The predicted octanol–water partition coefficient (Wildman–Crippen LogP) is 4.97. The maximum absolute atomic E-state index is 6.03. The summed E-state index contributed by atoms with van der Waals surface area (Å²) in [6, 6.07) is 26.0. The summed E-state index contributed by atoms with van der Waals surface area (Å²) in [6.07, 6.45) is 2.60. The molecule has 0 aliphatic carbocycles. The monoisotopic (exact) mass is 395 g/mol. The molecule has 4 aromatic rings. The van der Waals surface area contributed by atoms with Crippen LogP contribution in [-0.2, 0) is 13.0 Å². The lowest BCUT2D eigenvalue weighted by molar-refractivity contribution is 0.485. The molecule has 3 aromatic carbocycles. The summed E-state index contributed by atoms with van der Waals surface area (Å²) in [7, 11) is 0. The molecule has 1 aromatic heterocycles. The van der Waals surface area contributed by atoms with E-state index in [4.69, 9.17) is 9.72 Å². The van der Waals surface area contributed by atoms with Crippen molar-refractivity contribution in [3.05, 3.63) is 96.2 Å². The second kappa shape index (κ2) is 8.21. The average molecular weight is 395 g/mol. The molecule has 0 atom stereocenters. The van der Waals surface area contributed by atoms with Gasteiger partial charge >= 0.3 is 0 Å². The van der Waals surface area contributed by atoms with Crippen LogP contribution in [0.1, 0.15) is 11.1 Å². The van der Waals surface area contributed by atoms with Gasteiger partial charge in [0.2, 0.25) is 5.95 Å². The zero-order valence-electron chi connectivity index (χ0n) is 16.4. The zero-order chi connectivity index (χ0) is 20.2. The third-order valence-electron chi connectivity index (χ3n) is 5.08. The van der Waals surface area contributed by atoms with Gasteiger partial charge in [0, 0.05) is 13.1 Å². The van der Waals surface area contributed by atoms with Crippen molar-refractivity contribution in [1.82, 2.24) is 15.2 Å². The highest BCUT2D eigenvalue weighted by Gasteiger charge is 2.19. The highest BCUT2D eigenvalue weighted by Crippen LogP contribution is 2.31. The fraction of sp³-hybridized carbons (Fsp3) is 0.125. The molecule has 30 heavy (non-hydrogen) atoms. The van der Waals surface area contributed by atoms with E-state index in [0.29, 0.717) is 11.8 Å². The van der Waals surface area contributed by atoms with Crippen LogP contribution >= 0.6 is 0 Å². The molecule has 0 fully saturated rings. The van der Waals surface area contributed by atoms with E-state index < -0.39 is 0 Å². The third-order valence-corrected chi connectivity index (χ3v) is 5.08. The lowest BCUT2D eigenvalue weighted by Crippen LogP contribution is -2.32. The normalized spacial score (nSPS) is 12.9. The van der Waals surface area contributed by atoms with Crippen molar-refractivity contribution >= 4 is 17.5 Å². The van der Waals surface area contributed by atoms with Crippen molar-refractivity contribution in [2.75, 3.05) is 16.8 Å².